The van der Waals surface area contributed by atoms with Crippen LogP contribution in [0.1, 0.15) is 50.5 Å². The van der Waals surface area contributed by atoms with Crippen LogP contribution in [0.3, 0.4) is 0 Å². The molecule has 1 aliphatic carbocycles. The highest BCUT2D eigenvalue weighted by Gasteiger charge is 2.27. The molecule has 0 radical (unpaired) electrons. The summed E-state index contributed by atoms with van der Waals surface area (Å²) in [5.74, 6) is 0.848. The number of carbonyl (C=O) groups is 2. The number of Topliss-reactive ketones (excluding diaryl/α,β-unsaturated/α-hetero) is 2. The molecule has 0 aromatic heterocycles. The number of hydrogen-bond donors (Lipinski definition) is 0. The van der Waals surface area contributed by atoms with Gasteiger partial charge in [0.15, 0.2) is 0 Å². The molecule has 0 atom stereocenters. The Hall–Kier alpha value is -1.44. The fraction of sp³-hybridized carbons (Fsp3) is 0.500. The van der Waals surface area contributed by atoms with Crippen molar-refractivity contribution in [2.24, 2.45) is 5.92 Å². The first-order valence-corrected chi connectivity index (χ1v) is 6.74. The van der Waals surface area contributed by atoms with Crippen molar-refractivity contribution in [1.29, 1.82) is 0 Å². The lowest BCUT2D eigenvalue weighted by Gasteiger charge is -2.27. The third-order valence-electron chi connectivity index (χ3n) is 3.88. The molecule has 0 saturated heterocycles. The molecule has 18 heavy (non-hydrogen) atoms. The highest BCUT2D eigenvalue weighted by Crippen LogP contribution is 2.36. The van der Waals surface area contributed by atoms with Crippen molar-refractivity contribution in [3.05, 3.63) is 35.9 Å². The summed E-state index contributed by atoms with van der Waals surface area (Å²) in [6.45, 7) is 1.49. The molecule has 0 amide bonds. The van der Waals surface area contributed by atoms with Gasteiger partial charge in [-0.25, -0.2) is 0 Å². The SMILES string of the molecule is CC(=O)CC(=O)C1CCC(c2ccccc2)CC1. The minimum absolute atomic E-state index is 0.00909. The number of rotatable bonds is 4. The number of carbonyl (C=O) groups excluding carboxylic acids is 2. The van der Waals surface area contributed by atoms with E-state index in [-0.39, 0.29) is 23.9 Å². The Labute approximate surface area is 108 Å². The quantitative estimate of drug-likeness (QED) is 0.759. The van der Waals surface area contributed by atoms with Crippen LogP contribution >= 0.6 is 0 Å². The molecule has 1 aliphatic rings. The molecule has 2 nitrogen and oxygen atoms in total. The lowest BCUT2D eigenvalue weighted by Crippen LogP contribution is -2.22. The second-order valence-electron chi connectivity index (χ2n) is 5.30. The third-order valence-corrected chi connectivity index (χ3v) is 3.88. The average molecular weight is 244 g/mol. The Balaban J connectivity index is 1.88. The Bertz CT molecular complexity index is 414. The van der Waals surface area contributed by atoms with Crippen LogP contribution in [0.5, 0.6) is 0 Å². The Morgan fingerprint density at radius 1 is 1.06 bits per heavy atom. The summed E-state index contributed by atoms with van der Waals surface area (Å²) >= 11 is 0. The summed E-state index contributed by atoms with van der Waals surface area (Å²) < 4.78 is 0. The predicted molar refractivity (Wildman–Crippen MR) is 71.4 cm³/mol. The molecular weight excluding hydrogens is 224 g/mol. The van der Waals surface area contributed by atoms with Crippen LogP contribution in [-0.2, 0) is 9.59 Å². The van der Waals surface area contributed by atoms with E-state index in [9.17, 15) is 9.59 Å². The van der Waals surface area contributed by atoms with Gasteiger partial charge in [-0.15, -0.1) is 0 Å². The molecular formula is C16H20O2. The maximum Gasteiger partial charge on any atom is 0.143 e. The minimum Gasteiger partial charge on any atom is -0.300 e. The fourth-order valence-electron chi connectivity index (χ4n) is 2.86. The van der Waals surface area contributed by atoms with Gasteiger partial charge in [0.25, 0.3) is 0 Å². The van der Waals surface area contributed by atoms with Crippen molar-refractivity contribution in [1.82, 2.24) is 0 Å². The zero-order valence-electron chi connectivity index (χ0n) is 10.9. The first kappa shape index (κ1) is 13.0. The molecule has 2 heteroatoms. The van der Waals surface area contributed by atoms with E-state index in [1.807, 2.05) is 6.07 Å². The number of ketones is 2. The predicted octanol–water partition coefficient (Wildman–Crippen LogP) is 3.51. The van der Waals surface area contributed by atoms with Crippen molar-refractivity contribution < 1.29 is 9.59 Å². The highest BCUT2D eigenvalue weighted by molar-refractivity contribution is 5.99. The lowest BCUT2D eigenvalue weighted by atomic mass is 9.76. The molecule has 1 aromatic carbocycles. The van der Waals surface area contributed by atoms with Crippen LogP contribution in [-0.4, -0.2) is 11.6 Å². The van der Waals surface area contributed by atoms with Gasteiger partial charge in [0.2, 0.25) is 0 Å². The summed E-state index contributed by atoms with van der Waals surface area (Å²) in [4.78, 5) is 22.8. The van der Waals surface area contributed by atoms with Gasteiger partial charge < -0.3 is 0 Å². The Kier molecular flexibility index (Phi) is 4.29. The van der Waals surface area contributed by atoms with Crippen LogP contribution in [0.15, 0.2) is 30.3 Å². The maximum absolute atomic E-state index is 11.8. The van der Waals surface area contributed by atoms with Crippen LogP contribution in [0.2, 0.25) is 0 Å². The summed E-state index contributed by atoms with van der Waals surface area (Å²) in [6, 6.07) is 10.5. The monoisotopic (exact) mass is 244 g/mol. The molecule has 0 unspecified atom stereocenters. The standard InChI is InChI=1S/C16H20O2/c1-12(17)11-16(18)15-9-7-14(8-10-15)13-5-3-2-4-6-13/h2-6,14-15H,7-11H2,1H3. The third kappa shape index (κ3) is 3.28. The maximum atomic E-state index is 11.8. The van der Waals surface area contributed by atoms with Gasteiger partial charge in [0.1, 0.15) is 11.6 Å². The largest absolute Gasteiger partial charge is 0.300 e. The Morgan fingerprint density at radius 2 is 1.67 bits per heavy atom. The first-order valence-electron chi connectivity index (χ1n) is 6.74. The zero-order valence-corrected chi connectivity index (χ0v) is 10.9. The molecule has 0 N–H and O–H groups in total. The smallest absolute Gasteiger partial charge is 0.143 e. The second kappa shape index (κ2) is 5.94. The van der Waals surface area contributed by atoms with E-state index < -0.39 is 0 Å². The van der Waals surface area contributed by atoms with E-state index in [1.54, 1.807) is 0 Å². The lowest BCUT2D eigenvalue weighted by molar-refractivity contribution is -0.129. The van der Waals surface area contributed by atoms with Gasteiger partial charge >= 0.3 is 0 Å². The van der Waals surface area contributed by atoms with Crippen LogP contribution in [0.4, 0.5) is 0 Å². The van der Waals surface area contributed by atoms with E-state index in [1.165, 1.54) is 12.5 Å². The van der Waals surface area contributed by atoms with E-state index >= 15 is 0 Å². The molecule has 1 fully saturated rings. The molecule has 96 valence electrons. The molecule has 0 bridgehead atoms. The van der Waals surface area contributed by atoms with Crippen LogP contribution in [0.25, 0.3) is 0 Å². The second-order valence-corrected chi connectivity index (χ2v) is 5.30. The summed E-state index contributed by atoms with van der Waals surface area (Å²) in [5.41, 5.74) is 1.38. The van der Waals surface area contributed by atoms with Crippen molar-refractivity contribution in [2.45, 2.75) is 44.9 Å². The minimum atomic E-state index is -0.00909. The van der Waals surface area contributed by atoms with E-state index in [4.69, 9.17) is 0 Å². The average Bonchev–Trinajstić information content (AvgIpc) is 2.39. The molecule has 1 aromatic rings. The van der Waals surface area contributed by atoms with E-state index in [0.29, 0.717) is 5.92 Å². The highest BCUT2D eigenvalue weighted by atomic mass is 16.1. The van der Waals surface area contributed by atoms with E-state index in [2.05, 4.69) is 24.3 Å². The molecule has 0 spiro atoms. The molecule has 2 rings (SSSR count). The summed E-state index contributed by atoms with van der Waals surface area (Å²) in [5, 5.41) is 0. The molecule has 0 aliphatic heterocycles. The van der Waals surface area contributed by atoms with Crippen molar-refractivity contribution in [3.8, 4) is 0 Å². The van der Waals surface area contributed by atoms with Crippen LogP contribution < -0.4 is 0 Å². The first-order chi connectivity index (χ1) is 8.66. The van der Waals surface area contributed by atoms with Gasteiger partial charge in [-0.3, -0.25) is 9.59 Å². The van der Waals surface area contributed by atoms with Gasteiger partial charge in [0.05, 0.1) is 6.42 Å². The van der Waals surface area contributed by atoms with E-state index in [0.717, 1.165) is 25.7 Å². The summed E-state index contributed by atoms with van der Waals surface area (Å²) in [6.07, 6.45) is 4.13. The van der Waals surface area contributed by atoms with Crippen LogP contribution in [0, 0.1) is 5.92 Å². The van der Waals surface area contributed by atoms with Crippen molar-refractivity contribution in [2.75, 3.05) is 0 Å². The van der Waals surface area contributed by atoms with Crippen molar-refractivity contribution in [3.63, 3.8) is 0 Å². The van der Waals surface area contributed by atoms with Gasteiger partial charge in [-0.1, -0.05) is 30.3 Å². The normalized spacial score (nSPS) is 23.6. The number of hydrogen-bond acceptors (Lipinski definition) is 2. The van der Waals surface area contributed by atoms with Crippen molar-refractivity contribution >= 4 is 11.6 Å². The molecule has 1 saturated carbocycles. The Morgan fingerprint density at radius 3 is 2.22 bits per heavy atom. The van der Waals surface area contributed by atoms with Gasteiger partial charge in [-0.05, 0) is 44.1 Å². The molecule has 0 heterocycles. The summed E-state index contributed by atoms with van der Waals surface area (Å²) in [7, 11) is 0. The van der Waals surface area contributed by atoms with Gasteiger partial charge in [-0.2, -0.15) is 0 Å². The van der Waals surface area contributed by atoms with Gasteiger partial charge in [0, 0.05) is 5.92 Å². The topological polar surface area (TPSA) is 34.1 Å². The number of benzene rings is 1. The fourth-order valence-corrected chi connectivity index (χ4v) is 2.86. The zero-order chi connectivity index (χ0) is 13.0.